The third kappa shape index (κ3) is 11.2. The molecule has 17 heteroatoms. The zero-order valence-electron chi connectivity index (χ0n) is 21.2. The molecule has 0 aromatic carbocycles. The Morgan fingerprint density at radius 2 is 1.72 bits per heavy atom. The molecule has 39 heavy (non-hydrogen) atoms. The molecule has 1 aromatic rings. The van der Waals surface area contributed by atoms with Crippen LogP contribution in [0.15, 0.2) is 18.3 Å². The second-order valence-electron chi connectivity index (χ2n) is 8.67. The summed E-state index contributed by atoms with van der Waals surface area (Å²) in [4.78, 5) is 38.9. The molecule has 1 aromatic heterocycles. The Kier molecular flexibility index (Phi) is 12.4. The average Bonchev–Trinajstić information content (AvgIpc) is 3.08. The summed E-state index contributed by atoms with van der Waals surface area (Å²) >= 11 is 0. The first-order valence-corrected chi connectivity index (χ1v) is 11.2. The first-order chi connectivity index (χ1) is 17.9. The molecule has 2 N–H and O–H groups in total. The Labute approximate surface area is 219 Å². The summed E-state index contributed by atoms with van der Waals surface area (Å²) in [6.07, 6.45) is -6.48. The van der Waals surface area contributed by atoms with Crippen molar-refractivity contribution < 1.29 is 65.1 Å². The normalized spacial score (nSPS) is 21.3. The molecule has 2 unspecified atom stereocenters. The van der Waals surface area contributed by atoms with Crippen LogP contribution < -0.4 is 4.74 Å². The summed E-state index contributed by atoms with van der Waals surface area (Å²) in [5, 5.41) is 14.2. The van der Waals surface area contributed by atoms with Crippen LogP contribution in [-0.2, 0) is 19.1 Å². The van der Waals surface area contributed by atoms with Crippen molar-refractivity contribution in [3.63, 3.8) is 0 Å². The van der Waals surface area contributed by atoms with Crippen molar-refractivity contribution in [2.24, 2.45) is 0 Å². The van der Waals surface area contributed by atoms with Crippen molar-refractivity contribution in [2.75, 3.05) is 54.1 Å². The average molecular weight is 577 g/mol. The number of alkyl halides is 6. The maximum Gasteiger partial charge on any atom is 0.490 e. The fourth-order valence-corrected chi connectivity index (χ4v) is 3.62. The van der Waals surface area contributed by atoms with Crippen molar-refractivity contribution in [1.82, 2.24) is 14.8 Å². The van der Waals surface area contributed by atoms with Crippen molar-refractivity contribution in [3.05, 3.63) is 23.9 Å². The third-order valence-electron chi connectivity index (χ3n) is 5.22. The molecule has 3 rings (SSSR count). The summed E-state index contributed by atoms with van der Waals surface area (Å²) in [6, 6.07) is 3.50. The Hall–Kier alpha value is -3.18. The second kappa shape index (κ2) is 14.3. The Bertz CT molecular complexity index is 952. The number of nitrogens with zero attached hydrogens (tertiary/aromatic N) is 3. The number of ether oxygens (including phenoxy) is 3. The van der Waals surface area contributed by atoms with E-state index in [4.69, 9.17) is 34.0 Å². The molecule has 2 fully saturated rings. The molecular formula is C22H29F6N3O8. The monoisotopic (exact) mass is 577 g/mol. The summed E-state index contributed by atoms with van der Waals surface area (Å²) in [5.74, 6) is -5.25. The molecule has 222 valence electrons. The Morgan fingerprint density at radius 1 is 1.15 bits per heavy atom. The first kappa shape index (κ1) is 33.8. The quantitative estimate of drug-likeness (QED) is 0.513. The molecule has 2 atom stereocenters. The van der Waals surface area contributed by atoms with E-state index in [9.17, 15) is 31.1 Å². The van der Waals surface area contributed by atoms with Crippen molar-refractivity contribution in [2.45, 2.75) is 36.9 Å². The van der Waals surface area contributed by atoms with Gasteiger partial charge in [0.15, 0.2) is 0 Å². The van der Waals surface area contributed by atoms with Crippen LogP contribution in [0.1, 0.15) is 23.2 Å². The summed E-state index contributed by atoms with van der Waals surface area (Å²) in [7, 11) is 5.61. The summed E-state index contributed by atoms with van der Waals surface area (Å²) in [5.41, 5.74) is 0.0623. The van der Waals surface area contributed by atoms with Gasteiger partial charge in [-0.05, 0) is 39.1 Å². The predicted octanol–water partition coefficient (Wildman–Crippen LogP) is 2.31. The number of carboxylic acid groups (broad SMARTS) is 2. The molecule has 1 amide bonds. The molecule has 0 radical (unpaired) electrons. The fraction of sp³-hybridized carbons (Fsp3) is 0.636. The SMILES string of the molecule is COc1ncccc1C(=O)N1CCOCC2(CCC(CN(C)C)O2)C1.O=C(O)C(F)(F)F.O=C(O)C(F)(F)F. The van der Waals surface area contributed by atoms with Crippen LogP contribution in [0.2, 0.25) is 0 Å². The number of methoxy groups -OCH3 is 1. The molecule has 3 heterocycles. The van der Waals surface area contributed by atoms with Gasteiger partial charge in [-0.25, -0.2) is 14.6 Å². The van der Waals surface area contributed by atoms with Gasteiger partial charge < -0.3 is 34.2 Å². The van der Waals surface area contributed by atoms with E-state index < -0.39 is 29.9 Å². The Balaban J connectivity index is 0.000000449. The van der Waals surface area contributed by atoms with Crippen molar-refractivity contribution >= 4 is 17.8 Å². The number of rotatable bonds is 4. The van der Waals surface area contributed by atoms with Crippen molar-refractivity contribution in [1.29, 1.82) is 0 Å². The van der Waals surface area contributed by atoms with Crippen LogP contribution in [0.4, 0.5) is 26.3 Å². The smallest absolute Gasteiger partial charge is 0.480 e. The molecule has 1 spiro atoms. The fourth-order valence-electron chi connectivity index (χ4n) is 3.62. The number of carboxylic acids is 2. The van der Waals surface area contributed by atoms with E-state index in [2.05, 4.69) is 9.88 Å². The van der Waals surface area contributed by atoms with E-state index >= 15 is 0 Å². The van der Waals surface area contributed by atoms with Gasteiger partial charge in [-0.2, -0.15) is 26.3 Å². The van der Waals surface area contributed by atoms with Crippen LogP contribution >= 0.6 is 0 Å². The highest BCUT2D eigenvalue weighted by Gasteiger charge is 2.44. The van der Waals surface area contributed by atoms with Gasteiger partial charge in [0.25, 0.3) is 5.91 Å². The van der Waals surface area contributed by atoms with Gasteiger partial charge in [-0.15, -0.1) is 0 Å². The van der Waals surface area contributed by atoms with Crippen LogP contribution in [-0.4, -0.2) is 121 Å². The van der Waals surface area contributed by atoms with E-state index in [1.54, 1.807) is 18.3 Å². The highest BCUT2D eigenvalue weighted by molar-refractivity contribution is 5.96. The van der Waals surface area contributed by atoms with Crippen LogP contribution in [0.25, 0.3) is 0 Å². The number of hydrogen-bond donors (Lipinski definition) is 2. The maximum atomic E-state index is 13.0. The lowest BCUT2D eigenvalue weighted by Gasteiger charge is -2.32. The van der Waals surface area contributed by atoms with Gasteiger partial charge in [-0.1, -0.05) is 0 Å². The lowest BCUT2D eigenvalue weighted by molar-refractivity contribution is -0.193. The number of aromatic nitrogens is 1. The van der Waals surface area contributed by atoms with E-state index in [0.29, 0.717) is 37.7 Å². The minimum atomic E-state index is -5.08. The highest BCUT2D eigenvalue weighted by atomic mass is 19.4. The largest absolute Gasteiger partial charge is 0.490 e. The standard InChI is InChI=1S/C18H27N3O4.2C2HF3O2/c1-20(2)11-14-6-7-18(25-14)12-21(9-10-24-13-18)17(22)15-5-4-8-19-16(15)23-3;2*3-2(4,5)1(6)7/h4-5,8,14H,6-7,9-13H2,1-3H3;2*(H,6,7). The zero-order valence-corrected chi connectivity index (χ0v) is 21.2. The molecule has 11 nitrogen and oxygen atoms in total. The summed E-state index contributed by atoms with van der Waals surface area (Å²) in [6.45, 7) is 3.00. The molecule has 2 aliphatic rings. The Morgan fingerprint density at radius 3 is 2.21 bits per heavy atom. The van der Waals surface area contributed by atoms with E-state index in [-0.39, 0.29) is 12.0 Å². The van der Waals surface area contributed by atoms with Crippen LogP contribution in [0.3, 0.4) is 0 Å². The van der Waals surface area contributed by atoms with Gasteiger partial charge in [0.05, 0.1) is 33.0 Å². The molecular weight excluding hydrogens is 548 g/mol. The number of aliphatic carboxylic acids is 2. The van der Waals surface area contributed by atoms with Crippen LogP contribution in [0.5, 0.6) is 5.88 Å². The van der Waals surface area contributed by atoms with Gasteiger partial charge in [0, 0.05) is 19.3 Å². The van der Waals surface area contributed by atoms with Crippen LogP contribution in [0, 0.1) is 0 Å². The van der Waals surface area contributed by atoms with Crippen molar-refractivity contribution in [3.8, 4) is 5.88 Å². The molecule has 0 aliphatic carbocycles. The second-order valence-corrected chi connectivity index (χ2v) is 8.67. The van der Waals surface area contributed by atoms with Gasteiger partial charge in [-0.3, -0.25) is 4.79 Å². The zero-order chi connectivity index (χ0) is 30.0. The highest BCUT2D eigenvalue weighted by Crippen LogP contribution is 2.34. The number of carbonyl (C=O) groups is 3. The van der Waals surface area contributed by atoms with E-state index in [1.165, 1.54) is 7.11 Å². The summed E-state index contributed by atoms with van der Waals surface area (Å²) < 4.78 is 80.8. The number of carbonyl (C=O) groups excluding carboxylic acids is 1. The topological polar surface area (TPSA) is 139 Å². The number of likely N-dealkylation sites (N-methyl/N-ethyl adjacent to an activating group) is 1. The van der Waals surface area contributed by atoms with Gasteiger partial charge in [0.2, 0.25) is 5.88 Å². The minimum absolute atomic E-state index is 0.0884. The van der Waals surface area contributed by atoms with E-state index in [0.717, 1.165) is 19.4 Å². The molecule has 0 saturated carbocycles. The number of pyridine rings is 1. The number of amides is 1. The molecule has 2 aliphatic heterocycles. The molecule has 0 bridgehead atoms. The lowest BCUT2D eigenvalue weighted by Crippen LogP contribution is -2.47. The number of halogens is 6. The van der Waals surface area contributed by atoms with Gasteiger partial charge in [0.1, 0.15) is 11.2 Å². The van der Waals surface area contributed by atoms with E-state index in [1.807, 2.05) is 19.0 Å². The third-order valence-corrected chi connectivity index (χ3v) is 5.22. The molecule has 2 saturated heterocycles. The number of hydrogen-bond acceptors (Lipinski definition) is 8. The first-order valence-electron chi connectivity index (χ1n) is 11.2. The minimum Gasteiger partial charge on any atom is -0.480 e. The maximum absolute atomic E-state index is 13.0. The predicted molar refractivity (Wildman–Crippen MR) is 120 cm³/mol. The lowest BCUT2D eigenvalue weighted by atomic mass is 9.99. The van der Waals surface area contributed by atoms with Gasteiger partial charge >= 0.3 is 24.3 Å².